The second-order valence-corrected chi connectivity index (χ2v) is 6.12. The third kappa shape index (κ3) is 4.23. The molecule has 1 N–H and O–H groups in total. The number of hydrogen-bond acceptors (Lipinski definition) is 2. The third-order valence-corrected chi connectivity index (χ3v) is 4.80. The molecule has 0 fully saturated rings. The smallest absolute Gasteiger partial charge is 0.0463 e. The second kappa shape index (κ2) is 7.98. The molecule has 0 radical (unpaired) electrons. The summed E-state index contributed by atoms with van der Waals surface area (Å²) in [7, 11) is 4.07. The standard InChI is InChI=1S/C21H28N2/c1-16(22-4)17(2)23(5)18(3)19-12-14-21(15-13-19)20-10-8-6-7-9-11-20/h6-10,12-15,17-18,22H,1,11H2,2-5H3. The number of rotatable bonds is 6. The van der Waals surface area contributed by atoms with Crippen molar-refractivity contribution in [3.63, 3.8) is 0 Å². The molecule has 1 aromatic rings. The van der Waals surface area contributed by atoms with Crippen molar-refractivity contribution < 1.29 is 0 Å². The van der Waals surface area contributed by atoms with Crippen LogP contribution in [-0.4, -0.2) is 25.0 Å². The first kappa shape index (κ1) is 17.3. The zero-order chi connectivity index (χ0) is 16.8. The van der Waals surface area contributed by atoms with Gasteiger partial charge in [-0.1, -0.05) is 61.2 Å². The van der Waals surface area contributed by atoms with Gasteiger partial charge in [0.15, 0.2) is 0 Å². The number of nitrogens with zero attached hydrogens (tertiary/aromatic N) is 1. The molecule has 23 heavy (non-hydrogen) atoms. The number of allylic oxidation sites excluding steroid dienone is 6. The molecule has 2 unspecified atom stereocenters. The Hall–Kier alpha value is -2.06. The zero-order valence-corrected chi connectivity index (χ0v) is 14.7. The minimum Gasteiger partial charge on any atom is -0.391 e. The van der Waals surface area contributed by atoms with Gasteiger partial charge in [0.25, 0.3) is 0 Å². The van der Waals surface area contributed by atoms with Gasteiger partial charge in [-0.25, -0.2) is 0 Å². The summed E-state index contributed by atoms with van der Waals surface area (Å²) in [5.41, 5.74) is 5.03. The van der Waals surface area contributed by atoms with Crippen LogP contribution in [0.2, 0.25) is 0 Å². The second-order valence-electron chi connectivity index (χ2n) is 6.12. The van der Waals surface area contributed by atoms with E-state index >= 15 is 0 Å². The number of likely N-dealkylation sites (N-methyl/N-ethyl adjacent to an activating group) is 2. The highest BCUT2D eigenvalue weighted by atomic mass is 15.2. The lowest BCUT2D eigenvalue weighted by molar-refractivity contribution is 0.216. The summed E-state index contributed by atoms with van der Waals surface area (Å²) in [5, 5.41) is 3.15. The minimum atomic E-state index is 0.287. The summed E-state index contributed by atoms with van der Waals surface area (Å²) < 4.78 is 0. The van der Waals surface area contributed by atoms with Crippen LogP contribution in [0.4, 0.5) is 0 Å². The van der Waals surface area contributed by atoms with E-state index in [0.29, 0.717) is 6.04 Å². The van der Waals surface area contributed by atoms with Crippen LogP contribution in [-0.2, 0) is 0 Å². The molecular weight excluding hydrogens is 280 g/mol. The molecule has 0 bridgehead atoms. The van der Waals surface area contributed by atoms with Crippen LogP contribution in [0.3, 0.4) is 0 Å². The normalized spacial score (nSPS) is 16.7. The molecule has 2 heteroatoms. The lowest BCUT2D eigenvalue weighted by Gasteiger charge is -2.32. The highest BCUT2D eigenvalue weighted by Gasteiger charge is 2.19. The molecule has 0 spiro atoms. The van der Waals surface area contributed by atoms with Gasteiger partial charge in [0.2, 0.25) is 0 Å². The molecule has 0 saturated heterocycles. The molecule has 0 amide bonds. The van der Waals surface area contributed by atoms with Gasteiger partial charge in [0, 0.05) is 24.8 Å². The van der Waals surface area contributed by atoms with E-state index < -0.39 is 0 Å². The molecule has 1 aliphatic rings. The Morgan fingerprint density at radius 3 is 2.48 bits per heavy atom. The molecule has 2 atom stereocenters. The Morgan fingerprint density at radius 2 is 1.83 bits per heavy atom. The maximum absolute atomic E-state index is 4.08. The number of benzene rings is 1. The molecule has 0 heterocycles. The highest BCUT2D eigenvalue weighted by molar-refractivity contribution is 5.69. The molecule has 1 aromatic carbocycles. The quantitative estimate of drug-likeness (QED) is 0.819. The summed E-state index contributed by atoms with van der Waals surface area (Å²) in [6, 6.07) is 9.57. The summed E-state index contributed by atoms with van der Waals surface area (Å²) in [6.45, 7) is 8.50. The van der Waals surface area contributed by atoms with Crippen LogP contribution in [0.5, 0.6) is 0 Å². The van der Waals surface area contributed by atoms with Crippen LogP contribution in [0.1, 0.15) is 37.4 Å². The largest absolute Gasteiger partial charge is 0.391 e. The van der Waals surface area contributed by atoms with E-state index in [-0.39, 0.29) is 6.04 Å². The SMILES string of the molecule is C=C(NC)C(C)N(C)C(C)c1ccc(C2=CC=CC=CC2)cc1. The maximum atomic E-state index is 4.08. The van der Waals surface area contributed by atoms with Crippen LogP contribution < -0.4 is 5.32 Å². The van der Waals surface area contributed by atoms with Crippen LogP contribution in [0.25, 0.3) is 5.57 Å². The number of hydrogen-bond donors (Lipinski definition) is 1. The van der Waals surface area contributed by atoms with Crippen LogP contribution in [0, 0.1) is 0 Å². The molecule has 122 valence electrons. The van der Waals surface area contributed by atoms with Crippen molar-refractivity contribution in [2.75, 3.05) is 14.1 Å². The first-order chi connectivity index (χ1) is 11.0. The summed E-state index contributed by atoms with van der Waals surface area (Å²) >= 11 is 0. The van der Waals surface area contributed by atoms with E-state index in [0.717, 1.165) is 12.1 Å². The minimum absolute atomic E-state index is 0.287. The lowest BCUT2D eigenvalue weighted by Crippen LogP contribution is -2.36. The Bertz CT molecular complexity index is 620. The average molecular weight is 308 g/mol. The van der Waals surface area contributed by atoms with Crippen LogP contribution in [0.15, 0.2) is 66.9 Å². The number of nitrogens with one attached hydrogen (secondary N) is 1. The summed E-state index contributed by atoms with van der Waals surface area (Å²) in [6.07, 6.45) is 11.7. The fourth-order valence-electron chi connectivity index (χ4n) is 2.79. The first-order valence-electron chi connectivity index (χ1n) is 8.25. The molecule has 2 rings (SSSR count). The average Bonchev–Trinajstić information content (AvgIpc) is 2.88. The van der Waals surface area contributed by atoms with Gasteiger partial charge in [-0.3, -0.25) is 4.90 Å². The fraction of sp³-hybridized carbons (Fsp3) is 0.333. The Labute approximate surface area is 140 Å². The van der Waals surface area contributed by atoms with Gasteiger partial charge in [0.05, 0.1) is 0 Å². The van der Waals surface area contributed by atoms with E-state index in [1.165, 1.54) is 16.7 Å². The Kier molecular flexibility index (Phi) is 6.00. The van der Waals surface area contributed by atoms with Crippen molar-refractivity contribution in [3.05, 3.63) is 78.0 Å². The van der Waals surface area contributed by atoms with Crippen molar-refractivity contribution in [1.29, 1.82) is 0 Å². The molecule has 0 aromatic heterocycles. The van der Waals surface area contributed by atoms with Crippen molar-refractivity contribution in [2.45, 2.75) is 32.4 Å². The topological polar surface area (TPSA) is 15.3 Å². The van der Waals surface area contributed by atoms with Crippen molar-refractivity contribution in [1.82, 2.24) is 10.2 Å². The highest BCUT2D eigenvalue weighted by Crippen LogP contribution is 2.26. The van der Waals surface area contributed by atoms with Gasteiger partial charge in [0.1, 0.15) is 0 Å². The molecule has 0 saturated carbocycles. The third-order valence-electron chi connectivity index (χ3n) is 4.80. The van der Waals surface area contributed by atoms with Gasteiger partial charge >= 0.3 is 0 Å². The van der Waals surface area contributed by atoms with Gasteiger partial charge in [-0.05, 0) is 44.0 Å². The van der Waals surface area contributed by atoms with Gasteiger partial charge in [-0.15, -0.1) is 0 Å². The van der Waals surface area contributed by atoms with Crippen molar-refractivity contribution >= 4 is 5.57 Å². The zero-order valence-electron chi connectivity index (χ0n) is 14.7. The predicted octanol–water partition coefficient (Wildman–Crippen LogP) is 4.70. The van der Waals surface area contributed by atoms with Gasteiger partial charge in [-0.2, -0.15) is 0 Å². The monoisotopic (exact) mass is 308 g/mol. The molecule has 2 nitrogen and oxygen atoms in total. The molecule has 1 aliphatic carbocycles. The van der Waals surface area contributed by atoms with E-state index in [9.17, 15) is 0 Å². The Morgan fingerprint density at radius 1 is 1.13 bits per heavy atom. The first-order valence-corrected chi connectivity index (χ1v) is 8.25. The summed E-state index contributed by atoms with van der Waals surface area (Å²) in [4.78, 5) is 2.34. The van der Waals surface area contributed by atoms with Crippen LogP contribution >= 0.6 is 0 Å². The Balaban J connectivity index is 2.12. The van der Waals surface area contributed by atoms with E-state index in [2.05, 4.69) is 92.3 Å². The van der Waals surface area contributed by atoms with Gasteiger partial charge < -0.3 is 5.32 Å². The molecule has 0 aliphatic heterocycles. The fourth-order valence-corrected chi connectivity index (χ4v) is 2.79. The predicted molar refractivity (Wildman–Crippen MR) is 101 cm³/mol. The molecular formula is C21H28N2. The van der Waals surface area contributed by atoms with E-state index in [1.54, 1.807) is 0 Å². The van der Waals surface area contributed by atoms with Crippen molar-refractivity contribution in [3.8, 4) is 0 Å². The van der Waals surface area contributed by atoms with E-state index in [1.807, 2.05) is 7.05 Å². The van der Waals surface area contributed by atoms with Crippen molar-refractivity contribution in [2.24, 2.45) is 0 Å². The lowest BCUT2D eigenvalue weighted by atomic mass is 9.98. The van der Waals surface area contributed by atoms with E-state index in [4.69, 9.17) is 0 Å². The summed E-state index contributed by atoms with van der Waals surface area (Å²) in [5.74, 6) is 0. The maximum Gasteiger partial charge on any atom is 0.0463 e.